The number of rotatable bonds is 2. The molecule has 1 heterocycles. The summed E-state index contributed by atoms with van der Waals surface area (Å²) in [4.78, 5) is 4.82. The summed E-state index contributed by atoms with van der Waals surface area (Å²) in [6.07, 6.45) is 0. The van der Waals surface area contributed by atoms with Crippen LogP contribution in [0.3, 0.4) is 0 Å². The molecule has 0 fully saturated rings. The molecule has 2 rings (SSSR count). The minimum Gasteiger partial charge on any atom is -0.264 e. The molecular formula is C14H18B3N. The molecule has 0 unspecified atom stereocenters. The topological polar surface area (TPSA) is 12.9 Å². The van der Waals surface area contributed by atoms with Gasteiger partial charge in [0.05, 0.1) is 5.69 Å². The highest BCUT2D eigenvalue weighted by Gasteiger charge is 2.14. The molecule has 1 aromatic carbocycles. The quantitative estimate of drug-likeness (QED) is 0.584. The average molecular weight is 233 g/mol. The molecule has 0 atom stereocenters. The molecule has 4 heteroatoms. The van der Waals surface area contributed by atoms with Gasteiger partial charge in [-0.15, -0.1) is 0 Å². The number of hydrogen-bond donors (Lipinski definition) is 0. The zero-order valence-electron chi connectivity index (χ0n) is 11.9. The van der Waals surface area contributed by atoms with Crippen LogP contribution in [0.25, 0.3) is 11.3 Å². The summed E-state index contributed by atoms with van der Waals surface area (Å²) in [6.45, 7) is 4.47. The van der Waals surface area contributed by atoms with E-state index in [1.165, 1.54) is 22.1 Å². The van der Waals surface area contributed by atoms with Crippen LogP contribution in [0.5, 0.6) is 0 Å². The Morgan fingerprint density at radius 2 is 1.56 bits per heavy atom. The Morgan fingerprint density at radius 1 is 0.944 bits per heavy atom. The highest BCUT2D eigenvalue weighted by Crippen LogP contribution is 2.14. The summed E-state index contributed by atoms with van der Waals surface area (Å²) in [5.74, 6) is 0.529. The molecule has 1 nitrogen and oxygen atoms in total. The van der Waals surface area contributed by atoms with Crippen LogP contribution in [0.15, 0.2) is 30.3 Å². The Bertz CT molecular complexity index is 565. The molecule has 1 aromatic heterocycles. The molecule has 0 spiro atoms. The number of nitrogens with zero attached hydrogens (tertiary/aromatic N) is 1. The van der Waals surface area contributed by atoms with Crippen molar-refractivity contribution in [2.24, 2.45) is 0 Å². The van der Waals surface area contributed by atoms with Gasteiger partial charge in [0.2, 0.25) is 0 Å². The Labute approximate surface area is 112 Å². The molecule has 2 aromatic rings. The Balaban J connectivity index is 2.66. The maximum absolute atomic E-state index is 4.82. The first-order chi connectivity index (χ1) is 8.52. The fourth-order valence-corrected chi connectivity index (χ4v) is 2.69. The molecule has 0 bridgehead atoms. The van der Waals surface area contributed by atoms with Crippen LogP contribution in [0.4, 0.5) is 0 Å². The number of pyridine rings is 1. The lowest BCUT2D eigenvalue weighted by Gasteiger charge is -2.19. The molecular weight excluding hydrogens is 215 g/mol. The molecule has 0 radical (unpaired) electrons. The smallest absolute Gasteiger partial charge is 0.164 e. The largest absolute Gasteiger partial charge is 0.264 e. The second-order valence-corrected chi connectivity index (χ2v) is 5.23. The minimum atomic E-state index is 0.529. The van der Waals surface area contributed by atoms with E-state index < -0.39 is 0 Å². The normalized spacial score (nSPS) is 10.8. The summed E-state index contributed by atoms with van der Waals surface area (Å²) < 4.78 is 0. The van der Waals surface area contributed by atoms with E-state index in [9.17, 15) is 0 Å². The third kappa shape index (κ3) is 2.24. The van der Waals surface area contributed by atoms with E-state index >= 15 is 0 Å². The van der Waals surface area contributed by atoms with Gasteiger partial charge in [0.15, 0.2) is 7.85 Å². The van der Waals surface area contributed by atoms with Crippen molar-refractivity contribution in [3.05, 3.63) is 35.9 Å². The highest BCUT2D eigenvalue weighted by atomic mass is 14.7. The van der Waals surface area contributed by atoms with Crippen molar-refractivity contribution in [2.45, 2.75) is 19.8 Å². The lowest BCUT2D eigenvalue weighted by Crippen LogP contribution is -2.39. The van der Waals surface area contributed by atoms with Gasteiger partial charge in [-0.3, -0.25) is 4.98 Å². The van der Waals surface area contributed by atoms with Crippen molar-refractivity contribution in [1.29, 1.82) is 0 Å². The third-order valence-electron chi connectivity index (χ3n) is 3.62. The molecule has 0 amide bonds. The average Bonchev–Trinajstić information content (AvgIpc) is 2.34. The van der Waals surface area contributed by atoms with Gasteiger partial charge in [0.1, 0.15) is 15.7 Å². The fourth-order valence-electron chi connectivity index (χ4n) is 2.69. The summed E-state index contributed by atoms with van der Waals surface area (Å²) >= 11 is 0. The van der Waals surface area contributed by atoms with Gasteiger partial charge in [-0.25, -0.2) is 0 Å². The van der Waals surface area contributed by atoms with Crippen LogP contribution >= 0.6 is 0 Å². The van der Waals surface area contributed by atoms with Gasteiger partial charge >= 0.3 is 0 Å². The van der Waals surface area contributed by atoms with E-state index in [-0.39, 0.29) is 0 Å². The Kier molecular flexibility index (Phi) is 3.65. The summed E-state index contributed by atoms with van der Waals surface area (Å²) in [5.41, 5.74) is 7.57. The van der Waals surface area contributed by atoms with Gasteiger partial charge < -0.3 is 0 Å². The first kappa shape index (κ1) is 13.0. The van der Waals surface area contributed by atoms with Crippen LogP contribution in [0.2, 0.25) is 0 Å². The van der Waals surface area contributed by atoms with Crippen LogP contribution < -0.4 is 16.5 Å². The van der Waals surface area contributed by atoms with Crippen LogP contribution in [-0.2, 0) is 0 Å². The van der Waals surface area contributed by atoms with E-state index in [2.05, 4.69) is 61.7 Å². The van der Waals surface area contributed by atoms with Gasteiger partial charge in [-0.05, 0) is 22.6 Å². The summed E-state index contributed by atoms with van der Waals surface area (Å²) in [6, 6.07) is 10.4. The standard InChI is InChI=1S/C14H18B3N/c1-8(2)10-11(15)12(16)13(18-14(10)17)9-6-4-3-5-7-9/h3-8H,15-17H2,1-2H3. The second-order valence-electron chi connectivity index (χ2n) is 5.23. The molecule has 0 aliphatic rings. The van der Waals surface area contributed by atoms with Crippen molar-refractivity contribution in [1.82, 2.24) is 4.98 Å². The van der Waals surface area contributed by atoms with E-state index in [0.717, 1.165) is 11.3 Å². The lowest BCUT2D eigenvalue weighted by molar-refractivity contribution is 0.876. The van der Waals surface area contributed by atoms with Gasteiger partial charge in [-0.1, -0.05) is 55.1 Å². The van der Waals surface area contributed by atoms with Crippen LogP contribution in [0.1, 0.15) is 25.3 Å². The predicted octanol–water partition coefficient (Wildman–Crippen LogP) is -1.35. The number of aromatic nitrogens is 1. The SMILES string of the molecule is Bc1nc(-c2ccccc2)c(B)c(B)c1C(C)C. The van der Waals surface area contributed by atoms with Crippen molar-refractivity contribution in [3.63, 3.8) is 0 Å². The van der Waals surface area contributed by atoms with Crippen LogP contribution in [-0.4, -0.2) is 28.5 Å². The van der Waals surface area contributed by atoms with E-state index in [1.807, 2.05) is 6.07 Å². The monoisotopic (exact) mass is 233 g/mol. The maximum atomic E-state index is 4.82. The van der Waals surface area contributed by atoms with E-state index in [4.69, 9.17) is 4.98 Å². The predicted molar refractivity (Wildman–Crippen MR) is 88.3 cm³/mol. The fraction of sp³-hybridized carbons (Fsp3) is 0.214. The first-order valence-electron chi connectivity index (χ1n) is 6.55. The van der Waals surface area contributed by atoms with Gasteiger partial charge in [-0.2, -0.15) is 0 Å². The maximum Gasteiger partial charge on any atom is 0.164 e. The Hall–Kier alpha value is -1.44. The molecule has 0 saturated carbocycles. The first-order valence-corrected chi connectivity index (χ1v) is 6.55. The summed E-state index contributed by atoms with van der Waals surface area (Å²) in [5, 5.41) is 0. The van der Waals surface area contributed by atoms with Crippen molar-refractivity contribution >= 4 is 40.1 Å². The van der Waals surface area contributed by atoms with E-state index in [1.54, 1.807) is 0 Å². The number of hydrogen-bond acceptors (Lipinski definition) is 1. The zero-order valence-corrected chi connectivity index (χ0v) is 11.9. The van der Waals surface area contributed by atoms with Gasteiger partial charge in [0, 0.05) is 0 Å². The molecule has 88 valence electrons. The minimum absolute atomic E-state index is 0.529. The van der Waals surface area contributed by atoms with E-state index in [0.29, 0.717) is 5.92 Å². The highest BCUT2D eigenvalue weighted by molar-refractivity contribution is 6.52. The molecule has 0 aliphatic heterocycles. The third-order valence-corrected chi connectivity index (χ3v) is 3.62. The van der Waals surface area contributed by atoms with Gasteiger partial charge in [0.25, 0.3) is 0 Å². The van der Waals surface area contributed by atoms with Crippen LogP contribution in [0, 0.1) is 0 Å². The second kappa shape index (κ2) is 5.05. The lowest BCUT2D eigenvalue weighted by atomic mass is 9.71. The Morgan fingerprint density at radius 3 is 2.11 bits per heavy atom. The number of benzene rings is 1. The molecule has 18 heavy (non-hydrogen) atoms. The molecule has 0 N–H and O–H groups in total. The zero-order chi connectivity index (χ0) is 13.3. The van der Waals surface area contributed by atoms with Crippen molar-refractivity contribution in [2.75, 3.05) is 0 Å². The summed E-state index contributed by atoms with van der Waals surface area (Å²) in [7, 11) is 6.51. The molecule has 0 saturated heterocycles. The molecule has 0 aliphatic carbocycles. The van der Waals surface area contributed by atoms with Crippen molar-refractivity contribution in [3.8, 4) is 11.3 Å². The van der Waals surface area contributed by atoms with Crippen molar-refractivity contribution < 1.29 is 0 Å².